The molecule has 1 aliphatic rings. The Kier molecular flexibility index (Phi) is 6.02. The molecule has 0 radical (unpaired) electrons. The number of hydrogen-bond acceptors (Lipinski definition) is 3. The summed E-state index contributed by atoms with van der Waals surface area (Å²) in [6.07, 6.45) is 3.39. The molecule has 2 aromatic rings. The zero-order chi connectivity index (χ0) is 20.1. The van der Waals surface area contributed by atoms with E-state index in [0.717, 1.165) is 19.5 Å². The minimum absolute atomic E-state index is 0.330. The van der Waals surface area contributed by atoms with E-state index in [4.69, 9.17) is 0 Å². The Hall–Kier alpha value is -2.82. The van der Waals surface area contributed by atoms with Crippen molar-refractivity contribution in [2.75, 3.05) is 28.6 Å². The molecule has 148 valence electrons. The largest absolute Gasteiger partial charge is 0.372 e. The number of nitrogens with one attached hydrogen (secondary N) is 2. The van der Waals surface area contributed by atoms with Gasteiger partial charge in [-0.15, -0.1) is 0 Å². The lowest BCUT2D eigenvalue weighted by atomic mass is 9.90. The predicted octanol–water partition coefficient (Wildman–Crippen LogP) is 4.45. The summed E-state index contributed by atoms with van der Waals surface area (Å²) in [6, 6.07) is 15.5. The molecule has 0 spiro atoms. The maximum Gasteiger partial charge on any atom is 0.239 e. The van der Waals surface area contributed by atoms with Crippen molar-refractivity contribution in [1.29, 1.82) is 0 Å². The maximum absolute atomic E-state index is 12.7. The predicted molar refractivity (Wildman–Crippen MR) is 115 cm³/mol. The Balaban J connectivity index is 1.61. The number of anilines is 3. The molecule has 1 heterocycles. The molecule has 0 aliphatic carbocycles. The number of carbonyl (C=O) groups excluding carboxylic acids is 2. The van der Waals surface area contributed by atoms with Gasteiger partial charge in [0.05, 0.1) is 0 Å². The minimum atomic E-state index is -1.20. The van der Waals surface area contributed by atoms with Crippen LogP contribution in [0.1, 0.15) is 39.2 Å². The van der Waals surface area contributed by atoms with E-state index in [0.29, 0.717) is 11.4 Å². The van der Waals surface area contributed by atoms with Crippen molar-refractivity contribution < 1.29 is 9.59 Å². The van der Waals surface area contributed by atoms with Gasteiger partial charge in [0.1, 0.15) is 5.41 Å². The molecule has 0 atom stereocenters. The number of amides is 2. The highest BCUT2D eigenvalue weighted by atomic mass is 16.2. The van der Waals surface area contributed by atoms with Gasteiger partial charge in [0.15, 0.2) is 0 Å². The van der Waals surface area contributed by atoms with Gasteiger partial charge < -0.3 is 15.5 Å². The number of benzene rings is 2. The summed E-state index contributed by atoms with van der Waals surface area (Å²) in [5.74, 6) is -0.660. The molecule has 0 aromatic heterocycles. The first kappa shape index (κ1) is 19.9. The van der Waals surface area contributed by atoms with E-state index < -0.39 is 5.41 Å². The van der Waals surface area contributed by atoms with Crippen LogP contribution in [0.5, 0.6) is 0 Å². The summed E-state index contributed by atoms with van der Waals surface area (Å²) >= 11 is 0. The second-order valence-electron chi connectivity index (χ2n) is 7.82. The van der Waals surface area contributed by atoms with Gasteiger partial charge in [-0.1, -0.05) is 19.1 Å². The van der Waals surface area contributed by atoms with Crippen molar-refractivity contribution in [2.24, 2.45) is 5.41 Å². The Morgan fingerprint density at radius 1 is 0.857 bits per heavy atom. The second-order valence-corrected chi connectivity index (χ2v) is 7.82. The average molecular weight is 380 g/mol. The zero-order valence-corrected chi connectivity index (χ0v) is 16.9. The molecular formula is C23H29N3O2. The summed E-state index contributed by atoms with van der Waals surface area (Å²) in [4.78, 5) is 27.7. The molecule has 1 saturated heterocycles. The summed E-state index contributed by atoms with van der Waals surface area (Å²) in [5, 5.41) is 5.71. The van der Waals surface area contributed by atoms with Crippen molar-refractivity contribution >= 4 is 28.9 Å². The number of nitrogens with zero attached hydrogens (tertiary/aromatic N) is 1. The van der Waals surface area contributed by atoms with E-state index in [1.807, 2.05) is 48.5 Å². The number of aryl methyl sites for hydroxylation is 1. The first-order valence-corrected chi connectivity index (χ1v) is 9.97. The van der Waals surface area contributed by atoms with E-state index in [1.54, 1.807) is 13.8 Å². The van der Waals surface area contributed by atoms with Crippen LogP contribution in [0.4, 0.5) is 17.1 Å². The summed E-state index contributed by atoms with van der Waals surface area (Å²) in [6.45, 7) is 7.52. The van der Waals surface area contributed by atoms with Gasteiger partial charge in [0.25, 0.3) is 0 Å². The van der Waals surface area contributed by atoms with Crippen LogP contribution in [0.15, 0.2) is 48.5 Å². The van der Waals surface area contributed by atoms with Crippen molar-refractivity contribution in [3.05, 3.63) is 54.1 Å². The summed E-state index contributed by atoms with van der Waals surface area (Å²) in [5.41, 5.74) is 2.56. The maximum atomic E-state index is 12.7. The first-order chi connectivity index (χ1) is 13.4. The van der Waals surface area contributed by atoms with E-state index in [2.05, 4.69) is 22.5 Å². The van der Waals surface area contributed by atoms with Gasteiger partial charge >= 0.3 is 0 Å². The molecule has 5 heteroatoms. The van der Waals surface area contributed by atoms with E-state index in [-0.39, 0.29) is 11.8 Å². The van der Waals surface area contributed by atoms with Crippen LogP contribution in [0.25, 0.3) is 0 Å². The van der Waals surface area contributed by atoms with Crippen molar-refractivity contribution in [3.63, 3.8) is 0 Å². The van der Waals surface area contributed by atoms with Crippen LogP contribution in [-0.4, -0.2) is 24.9 Å². The van der Waals surface area contributed by atoms with Gasteiger partial charge in [-0.05, 0) is 75.1 Å². The fourth-order valence-electron chi connectivity index (χ4n) is 3.23. The standard InChI is InChI=1S/C23H29N3O2/c1-4-17-7-9-18(10-8-17)24-21(27)23(2,3)22(28)25-19-11-13-20(14-12-19)26-15-5-6-16-26/h7-14H,4-6,15-16H2,1-3H3,(H,24,27)(H,25,28). The Bertz CT molecular complexity index is 820. The number of carbonyl (C=O) groups is 2. The average Bonchev–Trinajstić information content (AvgIpc) is 3.24. The van der Waals surface area contributed by atoms with Gasteiger partial charge in [-0.3, -0.25) is 9.59 Å². The van der Waals surface area contributed by atoms with Crippen LogP contribution >= 0.6 is 0 Å². The molecule has 1 fully saturated rings. The van der Waals surface area contributed by atoms with Crippen LogP contribution in [0.3, 0.4) is 0 Å². The first-order valence-electron chi connectivity index (χ1n) is 9.97. The molecule has 28 heavy (non-hydrogen) atoms. The van der Waals surface area contributed by atoms with Gasteiger partial charge in [0.2, 0.25) is 11.8 Å². The van der Waals surface area contributed by atoms with Crippen molar-refractivity contribution in [3.8, 4) is 0 Å². The fourth-order valence-corrected chi connectivity index (χ4v) is 3.23. The normalized spacial score (nSPS) is 14.0. The van der Waals surface area contributed by atoms with Crippen molar-refractivity contribution in [2.45, 2.75) is 40.0 Å². The molecule has 0 bridgehead atoms. The highest BCUT2D eigenvalue weighted by Crippen LogP contribution is 2.25. The molecule has 3 rings (SSSR count). The van der Waals surface area contributed by atoms with Crippen LogP contribution < -0.4 is 15.5 Å². The van der Waals surface area contributed by atoms with E-state index in [9.17, 15) is 9.59 Å². The highest BCUT2D eigenvalue weighted by Gasteiger charge is 2.36. The lowest BCUT2D eigenvalue weighted by molar-refractivity contribution is -0.135. The third-order valence-electron chi connectivity index (χ3n) is 5.35. The molecule has 2 aromatic carbocycles. The lowest BCUT2D eigenvalue weighted by Gasteiger charge is -2.23. The third kappa shape index (κ3) is 4.53. The molecule has 2 N–H and O–H groups in total. The molecule has 5 nitrogen and oxygen atoms in total. The topological polar surface area (TPSA) is 61.4 Å². The fraction of sp³-hybridized carbons (Fsp3) is 0.391. The van der Waals surface area contributed by atoms with E-state index >= 15 is 0 Å². The second kappa shape index (κ2) is 8.46. The van der Waals surface area contributed by atoms with Crippen molar-refractivity contribution in [1.82, 2.24) is 0 Å². The monoisotopic (exact) mass is 379 g/mol. The van der Waals surface area contributed by atoms with Gasteiger partial charge in [-0.2, -0.15) is 0 Å². The minimum Gasteiger partial charge on any atom is -0.372 e. The quantitative estimate of drug-likeness (QED) is 0.729. The molecule has 2 amide bonds. The molecule has 0 unspecified atom stereocenters. The molecular weight excluding hydrogens is 350 g/mol. The molecule has 1 aliphatic heterocycles. The van der Waals surface area contributed by atoms with Crippen LogP contribution in [0, 0.1) is 5.41 Å². The highest BCUT2D eigenvalue weighted by molar-refractivity contribution is 6.14. The van der Waals surface area contributed by atoms with Crippen LogP contribution in [-0.2, 0) is 16.0 Å². The molecule has 0 saturated carbocycles. The Morgan fingerprint density at radius 2 is 1.32 bits per heavy atom. The van der Waals surface area contributed by atoms with Gasteiger partial charge in [0, 0.05) is 30.2 Å². The Labute approximate surface area is 167 Å². The zero-order valence-electron chi connectivity index (χ0n) is 16.9. The smallest absolute Gasteiger partial charge is 0.239 e. The number of rotatable bonds is 6. The lowest BCUT2D eigenvalue weighted by Crippen LogP contribution is -2.41. The number of hydrogen-bond donors (Lipinski definition) is 2. The Morgan fingerprint density at radius 3 is 1.79 bits per heavy atom. The SMILES string of the molecule is CCc1ccc(NC(=O)C(C)(C)C(=O)Nc2ccc(N3CCCC3)cc2)cc1. The summed E-state index contributed by atoms with van der Waals surface area (Å²) in [7, 11) is 0. The van der Waals surface area contributed by atoms with Gasteiger partial charge in [-0.25, -0.2) is 0 Å². The third-order valence-corrected chi connectivity index (χ3v) is 5.35. The summed E-state index contributed by atoms with van der Waals surface area (Å²) < 4.78 is 0. The van der Waals surface area contributed by atoms with E-state index in [1.165, 1.54) is 24.1 Å². The van der Waals surface area contributed by atoms with Crippen LogP contribution in [0.2, 0.25) is 0 Å².